The van der Waals surface area contributed by atoms with Gasteiger partial charge in [-0.15, -0.1) is 0 Å². The summed E-state index contributed by atoms with van der Waals surface area (Å²) < 4.78 is 42.3. The highest BCUT2D eigenvalue weighted by Crippen LogP contribution is 2.28. The molecule has 2 N–H and O–H groups in total. The summed E-state index contributed by atoms with van der Waals surface area (Å²) in [4.78, 5) is 11.8. The molecule has 0 aliphatic heterocycles. The Bertz CT molecular complexity index is 736. The quantitative estimate of drug-likeness (QED) is 0.497. The van der Waals surface area contributed by atoms with Crippen molar-refractivity contribution in [1.29, 1.82) is 0 Å². The number of hydrazone groups is 1. The van der Waals surface area contributed by atoms with E-state index in [2.05, 4.69) is 20.7 Å². The SMILES string of the molecule is CCOC(=O)c1c(NN=Cc2ccc(C(F)(F)F)cc2)n[nH]c1C. The first-order valence-corrected chi connectivity index (χ1v) is 7.01. The first-order chi connectivity index (χ1) is 11.3. The van der Waals surface area contributed by atoms with Crippen molar-refractivity contribution in [3.8, 4) is 0 Å². The summed E-state index contributed by atoms with van der Waals surface area (Å²) in [6.45, 7) is 3.56. The van der Waals surface area contributed by atoms with Crippen molar-refractivity contribution in [2.24, 2.45) is 5.10 Å². The molecule has 2 rings (SSSR count). The molecule has 1 heterocycles. The standard InChI is InChI=1S/C15H15F3N4O2/c1-3-24-14(23)12-9(2)20-22-13(12)21-19-8-10-4-6-11(7-5-10)15(16,17)18/h4-8H,3H2,1-2H3,(H2,20,21,22). The van der Waals surface area contributed by atoms with Crippen molar-refractivity contribution >= 4 is 18.0 Å². The minimum absolute atomic E-state index is 0.175. The summed E-state index contributed by atoms with van der Waals surface area (Å²) in [5.41, 5.74) is 3.03. The number of nitrogens with zero attached hydrogens (tertiary/aromatic N) is 2. The van der Waals surface area contributed by atoms with Gasteiger partial charge in [-0.1, -0.05) is 12.1 Å². The van der Waals surface area contributed by atoms with Gasteiger partial charge in [0.1, 0.15) is 5.56 Å². The van der Waals surface area contributed by atoms with Gasteiger partial charge in [0.25, 0.3) is 0 Å². The smallest absolute Gasteiger partial charge is 0.416 e. The van der Waals surface area contributed by atoms with E-state index >= 15 is 0 Å². The van der Waals surface area contributed by atoms with Gasteiger partial charge in [0.2, 0.25) is 0 Å². The number of hydrogen-bond donors (Lipinski definition) is 2. The minimum Gasteiger partial charge on any atom is -0.462 e. The van der Waals surface area contributed by atoms with E-state index < -0.39 is 17.7 Å². The molecule has 0 radical (unpaired) electrons. The van der Waals surface area contributed by atoms with E-state index in [-0.39, 0.29) is 18.0 Å². The lowest BCUT2D eigenvalue weighted by Crippen LogP contribution is -2.08. The molecule has 0 aliphatic carbocycles. The van der Waals surface area contributed by atoms with E-state index in [4.69, 9.17) is 4.74 Å². The average Bonchev–Trinajstić information content (AvgIpc) is 2.88. The number of H-pyrrole nitrogens is 1. The molecule has 0 unspecified atom stereocenters. The number of halogens is 3. The van der Waals surface area contributed by atoms with Crippen LogP contribution >= 0.6 is 0 Å². The van der Waals surface area contributed by atoms with E-state index in [1.807, 2.05) is 0 Å². The van der Waals surface area contributed by atoms with E-state index in [0.717, 1.165) is 12.1 Å². The monoisotopic (exact) mass is 340 g/mol. The number of hydrogen-bond acceptors (Lipinski definition) is 5. The normalized spacial score (nSPS) is 11.7. The number of benzene rings is 1. The largest absolute Gasteiger partial charge is 0.462 e. The summed E-state index contributed by atoms with van der Waals surface area (Å²) >= 11 is 0. The maximum Gasteiger partial charge on any atom is 0.416 e. The summed E-state index contributed by atoms with van der Waals surface area (Å²) in [6.07, 6.45) is -3.06. The van der Waals surface area contributed by atoms with Gasteiger partial charge in [0.05, 0.1) is 18.4 Å². The van der Waals surface area contributed by atoms with Crippen LogP contribution in [0.15, 0.2) is 29.4 Å². The summed E-state index contributed by atoms with van der Waals surface area (Å²) in [6, 6.07) is 4.50. The summed E-state index contributed by atoms with van der Waals surface area (Å²) in [5, 5.41) is 10.4. The number of carbonyl (C=O) groups is 1. The number of aryl methyl sites for hydroxylation is 1. The highest BCUT2D eigenvalue weighted by atomic mass is 19.4. The first-order valence-electron chi connectivity index (χ1n) is 7.01. The van der Waals surface area contributed by atoms with Crippen LogP contribution in [-0.2, 0) is 10.9 Å². The maximum absolute atomic E-state index is 12.5. The zero-order valence-electron chi connectivity index (χ0n) is 12.9. The Morgan fingerprint density at radius 3 is 2.62 bits per heavy atom. The second kappa shape index (κ2) is 7.16. The van der Waals surface area contributed by atoms with E-state index in [1.165, 1.54) is 18.3 Å². The molecule has 1 aromatic carbocycles. The Morgan fingerprint density at radius 1 is 1.38 bits per heavy atom. The zero-order valence-corrected chi connectivity index (χ0v) is 12.9. The number of ether oxygens (including phenoxy) is 1. The predicted molar refractivity (Wildman–Crippen MR) is 81.9 cm³/mol. The van der Waals surface area contributed by atoms with Crippen molar-refractivity contribution in [2.75, 3.05) is 12.0 Å². The molecule has 128 valence electrons. The third-order valence-corrected chi connectivity index (χ3v) is 3.05. The van der Waals surface area contributed by atoms with E-state index in [0.29, 0.717) is 11.3 Å². The predicted octanol–water partition coefficient (Wildman–Crippen LogP) is 3.36. The van der Waals surface area contributed by atoms with Crippen LogP contribution in [0.4, 0.5) is 19.0 Å². The first kappa shape index (κ1) is 17.5. The molecule has 24 heavy (non-hydrogen) atoms. The number of aromatic nitrogens is 2. The van der Waals surface area contributed by atoms with Crippen LogP contribution in [0, 0.1) is 6.92 Å². The van der Waals surface area contributed by atoms with Gasteiger partial charge in [-0.05, 0) is 31.5 Å². The molecular weight excluding hydrogens is 325 g/mol. The van der Waals surface area contributed by atoms with Gasteiger partial charge >= 0.3 is 12.1 Å². The van der Waals surface area contributed by atoms with Gasteiger partial charge < -0.3 is 4.74 Å². The molecule has 0 amide bonds. The Balaban J connectivity index is 2.08. The highest BCUT2D eigenvalue weighted by molar-refractivity contribution is 5.96. The fourth-order valence-electron chi connectivity index (χ4n) is 1.89. The number of esters is 1. The average molecular weight is 340 g/mol. The Labute approximate surface area is 135 Å². The van der Waals surface area contributed by atoms with Crippen molar-refractivity contribution in [3.63, 3.8) is 0 Å². The van der Waals surface area contributed by atoms with Crippen LogP contribution in [0.2, 0.25) is 0 Å². The van der Waals surface area contributed by atoms with Crippen molar-refractivity contribution in [2.45, 2.75) is 20.0 Å². The van der Waals surface area contributed by atoms with Gasteiger partial charge in [-0.25, -0.2) is 4.79 Å². The van der Waals surface area contributed by atoms with Gasteiger partial charge in [0, 0.05) is 5.69 Å². The lowest BCUT2D eigenvalue weighted by atomic mass is 10.1. The van der Waals surface area contributed by atoms with Gasteiger partial charge in [0.15, 0.2) is 5.82 Å². The van der Waals surface area contributed by atoms with Crippen LogP contribution < -0.4 is 5.43 Å². The van der Waals surface area contributed by atoms with Crippen molar-refractivity contribution in [1.82, 2.24) is 10.2 Å². The van der Waals surface area contributed by atoms with Crippen molar-refractivity contribution < 1.29 is 22.7 Å². The second-order valence-corrected chi connectivity index (χ2v) is 4.78. The molecule has 0 aliphatic rings. The molecule has 6 nitrogen and oxygen atoms in total. The van der Waals surface area contributed by atoms with Gasteiger partial charge in [-0.3, -0.25) is 10.5 Å². The zero-order chi connectivity index (χ0) is 17.7. The number of rotatable bonds is 5. The van der Waals surface area contributed by atoms with E-state index in [1.54, 1.807) is 13.8 Å². The Morgan fingerprint density at radius 2 is 2.04 bits per heavy atom. The fraction of sp³-hybridized carbons (Fsp3) is 0.267. The number of carbonyl (C=O) groups excluding carboxylic acids is 1. The highest BCUT2D eigenvalue weighted by Gasteiger charge is 2.29. The summed E-state index contributed by atoms with van der Waals surface area (Å²) in [7, 11) is 0. The molecule has 0 bridgehead atoms. The number of anilines is 1. The Hall–Kier alpha value is -2.84. The second-order valence-electron chi connectivity index (χ2n) is 4.78. The molecule has 2 aromatic rings. The molecule has 0 atom stereocenters. The molecule has 0 saturated heterocycles. The van der Waals surface area contributed by atoms with Crippen LogP contribution in [0.25, 0.3) is 0 Å². The van der Waals surface area contributed by atoms with Crippen LogP contribution in [0.5, 0.6) is 0 Å². The molecule has 1 aromatic heterocycles. The molecule has 0 saturated carbocycles. The van der Waals surface area contributed by atoms with Crippen LogP contribution in [0.3, 0.4) is 0 Å². The minimum atomic E-state index is -4.38. The topological polar surface area (TPSA) is 79.4 Å². The molecule has 9 heteroatoms. The molecule has 0 spiro atoms. The molecular formula is C15H15F3N4O2. The lowest BCUT2D eigenvalue weighted by molar-refractivity contribution is -0.137. The third kappa shape index (κ3) is 4.12. The molecule has 0 fully saturated rings. The number of aromatic amines is 1. The summed E-state index contributed by atoms with van der Waals surface area (Å²) in [5.74, 6) is -0.370. The fourth-order valence-corrected chi connectivity index (χ4v) is 1.89. The number of nitrogens with one attached hydrogen (secondary N) is 2. The number of alkyl halides is 3. The van der Waals surface area contributed by atoms with Gasteiger partial charge in [-0.2, -0.15) is 23.4 Å². The Kier molecular flexibility index (Phi) is 5.22. The van der Waals surface area contributed by atoms with E-state index in [9.17, 15) is 18.0 Å². The van der Waals surface area contributed by atoms with Crippen LogP contribution in [0.1, 0.15) is 34.1 Å². The lowest BCUT2D eigenvalue weighted by Gasteiger charge is -2.05. The third-order valence-electron chi connectivity index (χ3n) is 3.05. The van der Waals surface area contributed by atoms with Crippen molar-refractivity contribution in [3.05, 3.63) is 46.6 Å². The van der Waals surface area contributed by atoms with Crippen LogP contribution in [-0.4, -0.2) is 29.0 Å². The maximum atomic E-state index is 12.5.